The van der Waals surface area contributed by atoms with Crippen LogP contribution in [0, 0.1) is 0 Å². The normalized spacial score (nSPS) is 12.1. The number of benzene rings is 1. The maximum Gasteiger partial charge on any atom is 0.319 e. The predicted octanol–water partition coefficient (Wildman–Crippen LogP) is 1.43. The minimum Gasteiger partial charge on any atom is -0.497 e. The molecule has 0 amide bonds. The van der Waals surface area contributed by atoms with Gasteiger partial charge in [-0.2, -0.15) is 0 Å². The lowest BCUT2D eigenvalue weighted by Gasteiger charge is -2.25. The zero-order valence-corrected chi connectivity index (χ0v) is 11.7. The van der Waals surface area contributed by atoms with Crippen LogP contribution in [0.25, 0.3) is 0 Å². The van der Waals surface area contributed by atoms with Crippen molar-refractivity contribution in [3.63, 3.8) is 0 Å². The summed E-state index contributed by atoms with van der Waals surface area (Å²) in [5, 5.41) is 0. The highest BCUT2D eigenvalue weighted by Crippen LogP contribution is 2.24. The molecule has 0 radical (unpaired) electrons. The van der Waals surface area contributed by atoms with Crippen molar-refractivity contribution in [1.82, 2.24) is 4.90 Å². The molecule has 5 nitrogen and oxygen atoms in total. The quantitative estimate of drug-likeness (QED) is 0.728. The number of carbonyl (C=O) groups is 2. The maximum atomic E-state index is 11.8. The number of Topliss-reactive ketones (excluding diaryl/α,β-unsaturated/α-hetero) is 1. The van der Waals surface area contributed by atoms with Crippen LogP contribution in [0.15, 0.2) is 24.3 Å². The molecule has 0 saturated carbocycles. The van der Waals surface area contributed by atoms with Gasteiger partial charge in [-0.3, -0.25) is 14.5 Å². The molecular formula is C14H19NO4. The summed E-state index contributed by atoms with van der Waals surface area (Å²) in [4.78, 5) is 24.8. The van der Waals surface area contributed by atoms with Gasteiger partial charge in [0, 0.05) is 0 Å². The summed E-state index contributed by atoms with van der Waals surface area (Å²) in [6, 6.07) is 6.76. The van der Waals surface area contributed by atoms with Crippen molar-refractivity contribution in [3.8, 4) is 5.75 Å². The van der Waals surface area contributed by atoms with Gasteiger partial charge in [0.2, 0.25) is 0 Å². The van der Waals surface area contributed by atoms with Gasteiger partial charge in [-0.05, 0) is 31.7 Å². The lowest BCUT2D eigenvalue weighted by Crippen LogP contribution is -2.34. The largest absolute Gasteiger partial charge is 0.497 e. The third-order valence-electron chi connectivity index (χ3n) is 2.84. The van der Waals surface area contributed by atoms with Gasteiger partial charge in [-0.1, -0.05) is 12.1 Å². The zero-order valence-electron chi connectivity index (χ0n) is 11.7. The monoisotopic (exact) mass is 265 g/mol. The molecule has 0 heterocycles. The van der Waals surface area contributed by atoms with Gasteiger partial charge in [-0.25, -0.2) is 0 Å². The fraction of sp³-hybridized carbons (Fsp3) is 0.429. The van der Waals surface area contributed by atoms with Gasteiger partial charge in [0.25, 0.3) is 0 Å². The molecule has 5 heteroatoms. The Kier molecular flexibility index (Phi) is 5.51. The Morgan fingerprint density at radius 2 is 2.00 bits per heavy atom. The Labute approximate surface area is 113 Å². The highest BCUT2D eigenvalue weighted by atomic mass is 16.5. The van der Waals surface area contributed by atoms with Crippen LogP contribution in [0.1, 0.15) is 18.5 Å². The number of hydrogen-bond donors (Lipinski definition) is 0. The highest BCUT2D eigenvalue weighted by molar-refractivity contribution is 5.83. The summed E-state index contributed by atoms with van der Waals surface area (Å²) in [7, 11) is 4.60. The second-order valence-electron chi connectivity index (χ2n) is 4.28. The number of rotatable bonds is 6. The second-order valence-corrected chi connectivity index (χ2v) is 4.28. The number of esters is 1. The number of methoxy groups -OCH3 is 2. The fourth-order valence-electron chi connectivity index (χ4n) is 1.97. The molecule has 1 atom stereocenters. The number of likely N-dealkylation sites (N-methyl/N-ethyl adjacent to an activating group) is 1. The van der Waals surface area contributed by atoms with Crippen molar-refractivity contribution in [2.24, 2.45) is 0 Å². The van der Waals surface area contributed by atoms with E-state index in [1.54, 1.807) is 31.2 Å². The average Bonchev–Trinajstić information content (AvgIpc) is 2.38. The molecule has 1 unspecified atom stereocenters. The van der Waals surface area contributed by atoms with E-state index in [2.05, 4.69) is 4.74 Å². The van der Waals surface area contributed by atoms with Gasteiger partial charge in [-0.15, -0.1) is 0 Å². The number of ether oxygens (including phenoxy) is 2. The Bertz CT molecular complexity index is 459. The maximum absolute atomic E-state index is 11.8. The predicted molar refractivity (Wildman–Crippen MR) is 71.1 cm³/mol. The Balaban J connectivity index is 2.99. The van der Waals surface area contributed by atoms with E-state index in [1.165, 1.54) is 14.0 Å². The fourth-order valence-corrected chi connectivity index (χ4v) is 1.97. The summed E-state index contributed by atoms with van der Waals surface area (Å²) in [6.07, 6.45) is 0. The van der Waals surface area contributed by atoms with Crippen molar-refractivity contribution < 1.29 is 19.1 Å². The molecule has 1 aromatic carbocycles. The average molecular weight is 265 g/mol. The molecule has 0 bridgehead atoms. The molecule has 0 aromatic heterocycles. The van der Waals surface area contributed by atoms with Gasteiger partial charge < -0.3 is 9.47 Å². The third-order valence-corrected chi connectivity index (χ3v) is 2.84. The Morgan fingerprint density at radius 1 is 1.32 bits per heavy atom. The SMILES string of the molecule is COC(=O)CN(C)C(C(C)=O)c1cccc(OC)c1. The van der Waals surface area contributed by atoms with Crippen LogP contribution in [-0.2, 0) is 14.3 Å². The topological polar surface area (TPSA) is 55.8 Å². The van der Waals surface area contributed by atoms with Crippen molar-refractivity contribution in [1.29, 1.82) is 0 Å². The molecule has 1 rings (SSSR count). The molecule has 0 aliphatic carbocycles. The summed E-state index contributed by atoms with van der Waals surface area (Å²) in [5.74, 6) is 0.256. The molecule has 19 heavy (non-hydrogen) atoms. The molecule has 1 aromatic rings. The van der Waals surface area contributed by atoms with E-state index in [0.29, 0.717) is 5.75 Å². The molecule has 0 aliphatic heterocycles. The minimum atomic E-state index is -0.491. The first-order valence-electron chi connectivity index (χ1n) is 5.91. The van der Waals surface area contributed by atoms with Crippen molar-refractivity contribution in [2.45, 2.75) is 13.0 Å². The van der Waals surface area contributed by atoms with Crippen LogP contribution in [0.2, 0.25) is 0 Å². The Morgan fingerprint density at radius 3 is 2.53 bits per heavy atom. The third kappa shape index (κ3) is 4.06. The first-order valence-corrected chi connectivity index (χ1v) is 5.91. The van der Waals surface area contributed by atoms with Gasteiger partial charge in [0.1, 0.15) is 5.75 Å². The first-order chi connectivity index (χ1) is 8.99. The van der Waals surface area contributed by atoms with Crippen LogP contribution < -0.4 is 4.74 Å². The standard InChI is InChI=1S/C14H19NO4/c1-10(16)14(15(2)9-13(17)19-4)11-6-5-7-12(8-11)18-3/h5-8,14H,9H2,1-4H3. The number of hydrogen-bond acceptors (Lipinski definition) is 5. The van der Waals surface area contributed by atoms with E-state index < -0.39 is 6.04 Å². The molecule has 0 aliphatic rings. The van der Waals surface area contributed by atoms with Crippen LogP contribution in [-0.4, -0.2) is 44.5 Å². The summed E-state index contributed by atoms with van der Waals surface area (Å²) in [6.45, 7) is 1.55. The van der Waals surface area contributed by atoms with Gasteiger partial charge in [0.05, 0.1) is 26.8 Å². The van der Waals surface area contributed by atoms with Crippen LogP contribution >= 0.6 is 0 Å². The van der Waals surface area contributed by atoms with Crippen LogP contribution in [0.4, 0.5) is 0 Å². The summed E-state index contributed by atoms with van der Waals surface area (Å²) >= 11 is 0. The number of ketones is 1. The molecular weight excluding hydrogens is 246 g/mol. The first kappa shape index (κ1) is 15.2. The number of nitrogens with zero attached hydrogens (tertiary/aromatic N) is 1. The second kappa shape index (κ2) is 6.89. The van der Waals surface area contributed by atoms with Crippen molar-refractivity contribution in [2.75, 3.05) is 27.8 Å². The van der Waals surface area contributed by atoms with Gasteiger partial charge in [0.15, 0.2) is 5.78 Å². The molecule has 104 valence electrons. The van der Waals surface area contributed by atoms with Gasteiger partial charge >= 0.3 is 5.97 Å². The van der Waals surface area contributed by atoms with E-state index in [-0.39, 0.29) is 18.3 Å². The smallest absolute Gasteiger partial charge is 0.319 e. The van der Waals surface area contributed by atoms with E-state index in [4.69, 9.17) is 4.74 Å². The Hall–Kier alpha value is -1.88. The zero-order chi connectivity index (χ0) is 14.4. The summed E-state index contributed by atoms with van der Waals surface area (Å²) < 4.78 is 9.76. The highest BCUT2D eigenvalue weighted by Gasteiger charge is 2.24. The molecule has 0 N–H and O–H groups in total. The lowest BCUT2D eigenvalue weighted by molar-refractivity contribution is -0.142. The minimum absolute atomic E-state index is 0.0420. The molecule has 0 saturated heterocycles. The van der Waals surface area contributed by atoms with Crippen molar-refractivity contribution >= 4 is 11.8 Å². The summed E-state index contributed by atoms with van der Waals surface area (Å²) in [5.41, 5.74) is 0.790. The van der Waals surface area contributed by atoms with E-state index in [9.17, 15) is 9.59 Å². The molecule has 0 fully saturated rings. The van der Waals surface area contributed by atoms with E-state index >= 15 is 0 Å². The number of carbonyl (C=O) groups excluding carboxylic acids is 2. The van der Waals surface area contributed by atoms with Crippen molar-refractivity contribution in [3.05, 3.63) is 29.8 Å². The lowest BCUT2D eigenvalue weighted by atomic mass is 10.0. The molecule has 0 spiro atoms. The van der Waals surface area contributed by atoms with Crippen LogP contribution in [0.5, 0.6) is 5.75 Å². The van der Waals surface area contributed by atoms with Crippen LogP contribution in [0.3, 0.4) is 0 Å². The van der Waals surface area contributed by atoms with E-state index in [1.807, 2.05) is 12.1 Å². The van der Waals surface area contributed by atoms with E-state index in [0.717, 1.165) is 5.56 Å².